The average Bonchev–Trinajstić information content (AvgIpc) is 3.23. The van der Waals surface area contributed by atoms with E-state index in [0.717, 1.165) is 6.42 Å². The molecule has 0 saturated heterocycles. The Hall–Kier alpha value is -0.556. The van der Waals surface area contributed by atoms with Crippen LogP contribution in [-0.4, -0.2) is 21.4 Å². The number of allylic oxidation sites excluding steroid dienone is 5. The molecule has 0 radical (unpaired) electrons. The first-order valence-electron chi connectivity index (χ1n) is 10.5. The Morgan fingerprint density at radius 2 is 1.68 bits per heavy atom. The molecule has 0 nitrogen and oxygen atoms in total. The molecule has 0 fully saturated rings. The van der Waals surface area contributed by atoms with Gasteiger partial charge in [0, 0.05) is 4.53 Å². The van der Waals surface area contributed by atoms with Crippen molar-refractivity contribution in [3.8, 4) is 0 Å². The molecule has 4 rings (SSSR count). The predicted octanol–water partition coefficient (Wildman–Crippen LogP) is 5.79. The molecule has 0 spiro atoms. The highest BCUT2D eigenvalue weighted by Crippen LogP contribution is 2.52. The van der Waals surface area contributed by atoms with Gasteiger partial charge in [-0.25, -0.2) is 0 Å². The molecule has 1 aliphatic heterocycles. The summed E-state index contributed by atoms with van der Waals surface area (Å²) in [6.45, 7) is 22.0. The molecule has 150 valence electrons. The van der Waals surface area contributed by atoms with Crippen molar-refractivity contribution in [1.82, 2.24) is 0 Å². The van der Waals surface area contributed by atoms with E-state index in [9.17, 15) is 0 Å². The van der Waals surface area contributed by atoms with Gasteiger partial charge in [0.2, 0.25) is 0 Å². The SMILES string of the molecule is CC(C)(C)C1=CCC(C2=C([Si](C)(C)C)SC3C=c4sc([Si](C)(C)C)cc4=C23)=C1. The van der Waals surface area contributed by atoms with Gasteiger partial charge in [-0.15, -0.1) is 23.1 Å². The molecule has 2 heterocycles. The molecule has 3 aliphatic rings. The zero-order chi connectivity index (χ0) is 20.6. The van der Waals surface area contributed by atoms with Gasteiger partial charge in [0.05, 0.1) is 21.4 Å². The molecule has 0 amide bonds. The number of hydrogen-bond acceptors (Lipinski definition) is 2. The van der Waals surface area contributed by atoms with Gasteiger partial charge in [0.25, 0.3) is 0 Å². The van der Waals surface area contributed by atoms with E-state index in [4.69, 9.17) is 0 Å². The predicted molar refractivity (Wildman–Crippen MR) is 136 cm³/mol. The quantitative estimate of drug-likeness (QED) is 0.534. The maximum atomic E-state index is 2.57. The summed E-state index contributed by atoms with van der Waals surface area (Å²) in [6, 6.07) is 2.57. The molecule has 1 aromatic rings. The molecule has 1 aromatic heterocycles. The van der Waals surface area contributed by atoms with Crippen LogP contribution in [0.2, 0.25) is 39.3 Å². The van der Waals surface area contributed by atoms with Crippen LogP contribution in [0.25, 0.3) is 11.6 Å². The van der Waals surface area contributed by atoms with Crippen LogP contribution in [0.5, 0.6) is 0 Å². The van der Waals surface area contributed by atoms with E-state index in [1.165, 1.54) is 5.57 Å². The molecule has 28 heavy (non-hydrogen) atoms. The first-order chi connectivity index (χ1) is 12.8. The van der Waals surface area contributed by atoms with Gasteiger partial charge in [-0.2, -0.15) is 0 Å². The Kier molecular flexibility index (Phi) is 4.78. The average molecular weight is 443 g/mol. The highest BCUT2D eigenvalue weighted by molar-refractivity contribution is 8.07. The molecule has 4 heteroatoms. The van der Waals surface area contributed by atoms with Crippen molar-refractivity contribution in [2.75, 3.05) is 0 Å². The zero-order valence-corrected chi connectivity index (χ0v) is 22.5. The van der Waals surface area contributed by atoms with E-state index < -0.39 is 16.1 Å². The first-order valence-corrected chi connectivity index (χ1v) is 19.2. The number of hydrogen-bond donors (Lipinski definition) is 0. The van der Waals surface area contributed by atoms with Crippen LogP contribution in [0.1, 0.15) is 27.2 Å². The van der Waals surface area contributed by atoms with Gasteiger partial charge < -0.3 is 0 Å². The summed E-state index contributed by atoms with van der Waals surface area (Å²) in [7, 11) is -2.66. The fraction of sp³-hybridized carbons (Fsp3) is 0.500. The van der Waals surface area contributed by atoms with Crippen LogP contribution < -0.4 is 14.3 Å². The summed E-state index contributed by atoms with van der Waals surface area (Å²) in [5.41, 5.74) is 6.61. The van der Waals surface area contributed by atoms with Crippen LogP contribution in [0.15, 0.2) is 39.5 Å². The first kappa shape index (κ1) is 20.7. The number of thioether (sulfide) groups is 1. The standard InChI is InChI=1S/C24H34S2Si2/c1-24(2,3)16-11-10-15(12-16)21-22-17-13-20(27(4,5)6)25-18(17)14-19(22)26-23(21)28(7,8)9/h11-14,19H,10H2,1-9H3. The Labute approximate surface area is 181 Å². The van der Waals surface area contributed by atoms with E-state index in [2.05, 4.69) is 107 Å². The monoisotopic (exact) mass is 442 g/mol. The molecule has 0 aromatic carbocycles. The third kappa shape index (κ3) is 3.44. The summed E-state index contributed by atoms with van der Waals surface area (Å²) in [4.78, 5) is 0. The second-order valence-corrected chi connectivity index (χ2v) is 24.5. The second kappa shape index (κ2) is 6.47. The molecule has 1 unspecified atom stereocenters. The lowest BCUT2D eigenvalue weighted by atomic mass is 9.87. The number of rotatable bonds is 3. The van der Waals surface area contributed by atoms with Gasteiger partial charge in [-0.1, -0.05) is 72.2 Å². The van der Waals surface area contributed by atoms with E-state index in [-0.39, 0.29) is 5.41 Å². The van der Waals surface area contributed by atoms with Crippen LogP contribution in [0.4, 0.5) is 0 Å². The molecule has 0 bridgehead atoms. The maximum Gasteiger partial charge on any atom is 0.0904 e. The third-order valence-electron chi connectivity index (χ3n) is 5.86. The Morgan fingerprint density at radius 1 is 1.00 bits per heavy atom. The highest BCUT2D eigenvalue weighted by atomic mass is 32.2. The van der Waals surface area contributed by atoms with Crippen LogP contribution in [0.3, 0.4) is 0 Å². The van der Waals surface area contributed by atoms with Gasteiger partial charge in [-0.05, 0) is 60.5 Å². The van der Waals surface area contributed by atoms with Gasteiger partial charge in [-0.3, -0.25) is 0 Å². The smallest absolute Gasteiger partial charge is 0.0904 e. The summed E-state index contributed by atoms with van der Waals surface area (Å²) in [6.07, 6.45) is 8.68. The van der Waals surface area contributed by atoms with Crippen molar-refractivity contribution in [3.63, 3.8) is 0 Å². The minimum atomic E-state index is -1.39. The van der Waals surface area contributed by atoms with Crippen molar-refractivity contribution in [1.29, 1.82) is 0 Å². The maximum absolute atomic E-state index is 2.57. The summed E-state index contributed by atoms with van der Waals surface area (Å²) in [5, 5.41) is 2.11. The Balaban J connectivity index is 1.92. The summed E-state index contributed by atoms with van der Waals surface area (Å²) >= 11 is 4.24. The lowest BCUT2D eigenvalue weighted by Gasteiger charge is -2.21. The molecule has 2 aliphatic carbocycles. The zero-order valence-electron chi connectivity index (χ0n) is 18.9. The lowest BCUT2D eigenvalue weighted by Crippen LogP contribution is -2.35. The van der Waals surface area contributed by atoms with Crippen molar-refractivity contribution in [3.05, 3.63) is 49.2 Å². The van der Waals surface area contributed by atoms with Crippen LogP contribution in [0, 0.1) is 5.41 Å². The van der Waals surface area contributed by atoms with Gasteiger partial charge in [0.1, 0.15) is 0 Å². The van der Waals surface area contributed by atoms with Gasteiger partial charge >= 0.3 is 0 Å². The minimum absolute atomic E-state index is 0.234. The molecule has 1 atom stereocenters. The highest BCUT2D eigenvalue weighted by Gasteiger charge is 2.40. The van der Waals surface area contributed by atoms with Crippen molar-refractivity contribution >= 4 is 55.4 Å². The van der Waals surface area contributed by atoms with Gasteiger partial charge in [0.15, 0.2) is 0 Å². The summed E-state index contributed by atoms with van der Waals surface area (Å²) < 4.78 is 4.92. The fourth-order valence-corrected chi connectivity index (χ4v) is 11.4. The largest absolute Gasteiger partial charge is 0.145 e. The lowest BCUT2D eigenvalue weighted by molar-refractivity contribution is 0.518. The van der Waals surface area contributed by atoms with E-state index in [1.54, 1.807) is 35.5 Å². The normalized spacial score (nSPS) is 22.3. The molecule has 0 saturated carbocycles. The minimum Gasteiger partial charge on any atom is -0.145 e. The fourth-order valence-electron chi connectivity index (χ4n) is 4.25. The number of thiophene rings is 1. The van der Waals surface area contributed by atoms with E-state index in [1.807, 2.05) is 0 Å². The molecular weight excluding hydrogens is 409 g/mol. The Morgan fingerprint density at radius 3 is 2.21 bits per heavy atom. The number of fused-ring (bicyclic) bond motifs is 2. The van der Waals surface area contributed by atoms with E-state index in [0.29, 0.717) is 5.25 Å². The molecular formula is C24H34S2Si2. The Bertz CT molecular complexity index is 1060. The summed E-state index contributed by atoms with van der Waals surface area (Å²) in [5.74, 6) is 0. The molecule has 0 N–H and O–H groups in total. The second-order valence-electron chi connectivity index (χ2n) is 11.5. The van der Waals surface area contributed by atoms with Crippen molar-refractivity contribution < 1.29 is 0 Å². The van der Waals surface area contributed by atoms with Crippen LogP contribution in [-0.2, 0) is 0 Å². The van der Waals surface area contributed by atoms with E-state index >= 15 is 0 Å². The van der Waals surface area contributed by atoms with Crippen molar-refractivity contribution in [2.45, 2.75) is 71.7 Å². The van der Waals surface area contributed by atoms with Crippen LogP contribution >= 0.6 is 23.1 Å². The topological polar surface area (TPSA) is 0 Å². The third-order valence-corrected chi connectivity index (χ3v) is 15.4. The van der Waals surface area contributed by atoms with Crippen molar-refractivity contribution in [2.24, 2.45) is 5.41 Å².